The molecule has 0 aliphatic carbocycles. The topological polar surface area (TPSA) is 29.1 Å². The van der Waals surface area contributed by atoms with Crippen LogP contribution in [0.1, 0.15) is 129 Å². The first-order valence-corrected chi connectivity index (χ1v) is 14.0. The highest BCUT2D eigenvalue weighted by Gasteiger charge is 2.07. The Morgan fingerprint density at radius 1 is 0.636 bits per heavy atom. The van der Waals surface area contributed by atoms with Gasteiger partial charge >= 0.3 is 0 Å². The lowest BCUT2D eigenvalue weighted by atomic mass is 10.1. The molecule has 0 aromatic rings. The summed E-state index contributed by atoms with van der Waals surface area (Å²) in [7, 11) is 6.43. The van der Waals surface area contributed by atoms with E-state index in [9.17, 15) is 4.79 Å². The number of quaternary nitrogens is 1. The summed E-state index contributed by atoms with van der Waals surface area (Å²) in [6.45, 7) is 4.02. The van der Waals surface area contributed by atoms with Crippen molar-refractivity contribution in [2.75, 3.05) is 34.2 Å². The van der Waals surface area contributed by atoms with Crippen molar-refractivity contribution >= 4 is 5.91 Å². The molecule has 1 N–H and O–H groups in total. The van der Waals surface area contributed by atoms with Gasteiger partial charge < -0.3 is 9.80 Å². The van der Waals surface area contributed by atoms with Gasteiger partial charge in [-0.25, -0.2) is 0 Å². The highest BCUT2D eigenvalue weighted by Crippen LogP contribution is 2.11. The molecule has 0 rings (SSSR count). The number of hydrogen-bond donors (Lipinski definition) is 1. The van der Waals surface area contributed by atoms with Gasteiger partial charge in [-0.05, 0) is 31.1 Å². The summed E-state index contributed by atoms with van der Waals surface area (Å²) in [5, 5.41) is 3.02. The predicted octanol–water partition coefficient (Wildman–Crippen LogP) is 7.25. The Labute approximate surface area is 207 Å². The molecule has 0 aliphatic rings. The molecule has 0 fully saturated rings. The average molecular weight is 460 g/mol. The molecule has 3 heteroatoms. The lowest BCUT2D eigenvalue weighted by Gasteiger charge is -2.23. The van der Waals surface area contributed by atoms with Crippen LogP contribution in [0.2, 0.25) is 0 Å². The van der Waals surface area contributed by atoms with Gasteiger partial charge in [-0.3, -0.25) is 4.79 Å². The Kier molecular flexibility index (Phi) is 22.7. The van der Waals surface area contributed by atoms with Gasteiger partial charge in [0, 0.05) is 19.3 Å². The zero-order valence-corrected chi connectivity index (χ0v) is 22.7. The molecule has 0 radical (unpaired) electrons. The fraction of sp³-hybridized carbons (Fsp3) is 0.833. The normalized spacial score (nSPS) is 10.8. The molecule has 0 aromatic heterocycles. The first-order valence-electron chi connectivity index (χ1n) is 14.0. The highest BCUT2D eigenvalue weighted by molar-refractivity contribution is 5.75. The Bertz CT molecular complexity index is 568. The van der Waals surface area contributed by atoms with Gasteiger partial charge in [0.15, 0.2) is 0 Å². The third kappa shape index (κ3) is 28.5. The molecule has 0 unspecified atom stereocenters. The summed E-state index contributed by atoms with van der Waals surface area (Å²) in [5.41, 5.74) is 0. The number of carbonyl (C=O) groups is 1. The number of rotatable bonds is 21. The van der Waals surface area contributed by atoms with Crippen molar-refractivity contribution in [1.82, 2.24) is 5.32 Å². The molecule has 0 aliphatic heterocycles. The van der Waals surface area contributed by atoms with E-state index in [4.69, 9.17) is 0 Å². The third-order valence-corrected chi connectivity index (χ3v) is 5.96. The second-order valence-electron chi connectivity index (χ2n) is 10.5. The van der Waals surface area contributed by atoms with Gasteiger partial charge in [-0.1, -0.05) is 102 Å². The average Bonchev–Trinajstić information content (AvgIpc) is 2.76. The smallest absolute Gasteiger partial charge is 0.220 e. The van der Waals surface area contributed by atoms with Crippen molar-refractivity contribution in [2.45, 2.75) is 129 Å². The van der Waals surface area contributed by atoms with E-state index < -0.39 is 0 Å². The standard InChI is InChI=1S/C30H54N2O/c1-5-6-7-8-9-10-11-12-13-14-15-16-17-18-19-20-21-22-23-24-25-26-27-30(33)31-28-29-32(2,3)4/h5-15,20-29H2,1-4H3/p+1. The molecule has 0 bridgehead atoms. The molecule has 0 saturated heterocycles. The Hall–Kier alpha value is -1.45. The first-order chi connectivity index (χ1) is 16.0. The van der Waals surface area contributed by atoms with Gasteiger partial charge in [0.2, 0.25) is 5.91 Å². The van der Waals surface area contributed by atoms with Gasteiger partial charge in [-0.15, -0.1) is 0 Å². The molecule has 0 spiro atoms. The van der Waals surface area contributed by atoms with Crippen LogP contribution >= 0.6 is 0 Å². The zero-order valence-electron chi connectivity index (χ0n) is 22.7. The summed E-state index contributed by atoms with van der Waals surface area (Å²) in [4.78, 5) is 11.8. The second-order valence-corrected chi connectivity index (χ2v) is 10.5. The molecule has 0 aromatic carbocycles. The molecule has 33 heavy (non-hydrogen) atoms. The van der Waals surface area contributed by atoms with E-state index in [-0.39, 0.29) is 5.91 Å². The van der Waals surface area contributed by atoms with Crippen molar-refractivity contribution in [3.05, 3.63) is 0 Å². The van der Waals surface area contributed by atoms with Crippen molar-refractivity contribution in [3.8, 4) is 23.7 Å². The SMILES string of the molecule is CCCCCCCCCCCCC#CC#CCCCCCCCCC(=O)NCC[N+](C)(C)C. The van der Waals surface area contributed by atoms with Crippen molar-refractivity contribution in [2.24, 2.45) is 0 Å². The Morgan fingerprint density at radius 3 is 1.52 bits per heavy atom. The number of likely N-dealkylation sites (N-methyl/N-ethyl adjacent to an activating group) is 1. The van der Waals surface area contributed by atoms with Crippen molar-refractivity contribution < 1.29 is 9.28 Å². The number of nitrogens with zero attached hydrogens (tertiary/aromatic N) is 1. The predicted molar refractivity (Wildman–Crippen MR) is 145 cm³/mol. The van der Waals surface area contributed by atoms with Crippen LogP contribution in [0.4, 0.5) is 0 Å². The van der Waals surface area contributed by atoms with Crippen molar-refractivity contribution in [3.63, 3.8) is 0 Å². The van der Waals surface area contributed by atoms with E-state index in [0.29, 0.717) is 6.42 Å². The van der Waals surface area contributed by atoms with Gasteiger partial charge in [0.05, 0.1) is 34.2 Å². The van der Waals surface area contributed by atoms with E-state index >= 15 is 0 Å². The van der Waals surface area contributed by atoms with E-state index in [0.717, 1.165) is 43.3 Å². The van der Waals surface area contributed by atoms with E-state index in [1.54, 1.807) is 0 Å². The number of hydrogen-bond acceptors (Lipinski definition) is 1. The van der Waals surface area contributed by atoms with Crippen LogP contribution < -0.4 is 5.32 Å². The van der Waals surface area contributed by atoms with Crippen LogP contribution in [0.5, 0.6) is 0 Å². The lowest BCUT2D eigenvalue weighted by Crippen LogP contribution is -2.41. The first kappa shape index (κ1) is 31.6. The fourth-order valence-electron chi connectivity index (χ4n) is 3.74. The summed E-state index contributed by atoms with van der Waals surface area (Å²) in [5.74, 6) is 12.6. The fourth-order valence-corrected chi connectivity index (χ4v) is 3.74. The summed E-state index contributed by atoms with van der Waals surface area (Å²) >= 11 is 0. The van der Waals surface area contributed by atoms with E-state index in [1.807, 2.05) is 0 Å². The van der Waals surface area contributed by atoms with Crippen LogP contribution in [-0.2, 0) is 4.79 Å². The molecular formula is C30H55N2O+. The highest BCUT2D eigenvalue weighted by atomic mass is 16.1. The molecule has 3 nitrogen and oxygen atoms in total. The quantitative estimate of drug-likeness (QED) is 0.109. The maximum absolute atomic E-state index is 11.8. The monoisotopic (exact) mass is 459 g/mol. The van der Waals surface area contributed by atoms with Crippen LogP contribution in [0.3, 0.4) is 0 Å². The zero-order chi connectivity index (χ0) is 24.5. The number of nitrogens with one attached hydrogen (secondary N) is 1. The maximum atomic E-state index is 11.8. The summed E-state index contributed by atoms with van der Waals surface area (Å²) < 4.78 is 0.886. The molecule has 0 saturated carbocycles. The molecular weight excluding hydrogens is 404 g/mol. The van der Waals surface area contributed by atoms with Crippen LogP contribution in [-0.4, -0.2) is 44.6 Å². The van der Waals surface area contributed by atoms with Gasteiger partial charge in [-0.2, -0.15) is 0 Å². The number of amides is 1. The number of unbranched alkanes of at least 4 members (excludes halogenated alkanes) is 16. The van der Waals surface area contributed by atoms with Crippen LogP contribution in [0.15, 0.2) is 0 Å². The minimum Gasteiger partial charge on any atom is -0.350 e. The minimum absolute atomic E-state index is 0.202. The Morgan fingerprint density at radius 2 is 1.06 bits per heavy atom. The molecule has 0 heterocycles. The summed E-state index contributed by atoms with van der Waals surface area (Å²) in [6, 6.07) is 0. The molecule has 190 valence electrons. The van der Waals surface area contributed by atoms with Gasteiger partial charge in [0.1, 0.15) is 0 Å². The number of carbonyl (C=O) groups excluding carboxylic acids is 1. The lowest BCUT2D eigenvalue weighted by molar-refractivity contribution is -0.869. The summed E-state index contributed by atoms with van der Waals surface area (Å²) in [6.07, 6.45) is 23.4. The van der Waals surface area contributed by atoms with Crippen LogP contribution in [0.25, 0.3) is 0 Å². The third-order valence-electron chi connectivity index (χ3n) is 5.96. The minimum atomic E-state index is 0.202. The van der Waals surface area contributed by atoms with Crippen LogP contribution in [0, 0.1) is 23.7 Å². The van der Waals surface area contributed by atoms with Gasteiger partial charge in [0.25, 0.3) is 0 Å². The Balaban J connectivity index is 3.34. The van der Waals surface area contributed by atoms with E-state index in [1.165, 1.54) is 89.9 Å². The molecule has 0 atom stereocenters. The maximum Gasteiger partial charge on any atom is 0.220 e. The molecule has 1 amide bonds. The van der Waals surface area contributed by atoms with E-state index in [2.05, 4.69) is 57.1 Å². The largest absolute Gasteiger partial charge is 0.350 e. The van der Waals surface area contributed by atoms with Crippen molar-refractivity contribution in [1.29, 1.82) is 0 Å². The second kappa shape index (κ2) is 23.7.